The van der Waals surface area contributed by atoms with Gasteiger partial charge in [0.25, 0.3) is 5.91 Å². The first-order valence-corrected chi connectivity index (χ1v) is 15.9. The van der Waals surface area contributed by atoms with E-state index in [9.17, 15) is 9.90 Å². The molecule has 43 heavy (non-hydrogen) atoms. The van der Waals surface area contributed by atoms with Crippen molar-refractivity contribution in [1.29, 1.82) is 0 Å². The Labute approximate surface area is 261 Å². The third kappa shape index (κ3) is 9.56. The molecule has 3 aromatic heterocycles. The summed E-state index contributed by atoms with van der Waals surface area (Å²) in [4.78, 5) is 28.7. The standard InChI is InChI=1S/C28H39N7O3S.C2H6.C2H4/c1-6-34(7-2)19(3)15-29-28(37)21-13-24(32-26(14-21)35-10-11-38-22(17-35)18-36)23-16-30-33(5)27(23)31-20(4)25-9-8-12-39-25;2*1-2/h8-9,12-14,16,19,22,36H,6-7,10-11,15,17-18H2,1-5H3,(H,29,37);1-2H3;1-2H2/b31-20+;;. The van der Waals surface area contributed by atoms with Gasteiger partial charge in [-0.1, -0.05) is 33.8 Å². The van der Waals surface area contributed by atoms with Gasteiger partial charge in [0, 0.05) is 43.2 Å². The van der Waals surface area contributed by atoms with Crippen LogP contribution in [0.3, 0.4) is 0 Å². The molecule has 0 radical (unpaired) electrons. The zero-order valence-electron chi connectivity index (χ0n) is 26.8. The summed E-state index contributed by atoms with van der Waals surface area (Å²) in [6, 6.07) is 7.88. The van der Waals surface area contributed by atoms with Crippen LogP contribution in [0.2, 0.25) is 0 Å². The van der Waals surface area contributed by atoms with E-state index >= 15 is 0 Å². The fourth-order valence-corrected chi connectivity index (χ4v) is 5.42. The van der Waals surface area contributed by atoms with Gasteiger partial charge in [-0.2, -0.15) is 5.10 Å². The minimum absolute atomic E-state index is 0.0732. The molecule has 236 valence electrons. The number of nitrogens with one attached hydrogen (secondary N) is 1. The first-order valence-electron chi connectivity index (χ1n) is 15.0. The van der Waals surface area contributed by atoms with E-state index in [4.69, 9.17) is 14.7 Å². The molecule has 11 heteroatoms. The van der Waals surface area contributed by atoms with Gasteiger partial charge in [-0.15, -0.1) is 24.5 Å². The normalized spacial score (nSPS) is 15.7. The molecule has 4 heterocycles. The predicted octanol–water partition coefficient (Wildman–Crippen LogP) is 5.17. The summed E-state index contributed by atoms with van der Waals surface area (Å²) in [5.74, 6) is 1.17. The van der Waals surface area contributed by atoms with Gasteiger partial charge in [-0.25, -0.2) is 9.98 Å². The highest BCUT2D eigenvalue weighted by Gasteiger charge is 2.24. The highest BCUT2D eigenvalue weighted by molar-refractivity contribution is 7.12. The highest BCUT2D eigenvalue weighted by Crippen LogP contribution is 2.32. The van der Waals surface area contributed by atoms with Crippen molar-refractivity contribution in [2.45, 2.75) is 53.7 Å². The number of pyridine rings is 1. The number of hydrogen-bond acceptors (Lipinski definition) is 9. The van der Waals surface area contributed by atoms with Crippen LogP contribution in [-0.2, 0) is 11.8 Å². The number of aliphatic imine (C=N–C) groups is 1. The van der Waals surface area contributed by atoms with Crippen LogP contribution in [0.4, 0.5) is 11.6 Å². The van der Waals surface area contributed by atoms with Crippen LogP contribution in [0.5, 0.6) is 0 Å². The molecule has 10 nitrogen and oxygen atoms in total. The molecule has 1 aliphatic heterocycles. The molecule has 2 N–H and O–H groups in total. The molecular weight excluding hydrogens is 562 g/mol. The van der Waals surface area contributed by atoms with Gasteiger partial charge in [0.2, 0.25) is 0 Å². The number of nitrogens with zero attached hydrogens (tertiary/aromatic N) is 6. The number of morpholine rings is 1. The van der Waals surface area contributed by atoms with Crippen molar-refractivity contribution in [2.75, 3.05) is 50.8 Å². The average molecular weight is 612 g/mol. The quantitative estimate of drug-likeness (QED) is 0.228. The second-order valence-corrected chi connectivity index (χ2v) is 10.6. The van der Waals surface area contributed by atoms with Gasteiger partial charge in [0.15, 0.2) is 5.82 Å². The fourth-order valence-electron chi connectivity index (χ4n) is 4.75. The van der Waals surface area contributed by atoms with E-state index in [-0.39, 0.29) is 24.7 Å². The smallest absolute Gasteiger partial charge is 0.251 e. The van der Waals surface area contributed by atoms with E-state index in [1.807, 2.05) is 51.4 Å². The van der Waals surface area contributed by atoms with Gasteiger partial charge in [0.05, 0.1) is 42.5 Å². The van der Waals surface area contributed by atoms with Crippen molar-refractivity contribution < 1.29 is 14.6 Å². The molecule has 3 aromatic rings. The molecule has 0 aliphatic carbocycles. The lowest BCUT2D eigenvalue weighted by Crippen LogP contribution is -2.44. The zero-order chi connectivity index (χ0) is 31.9. The van der Waals surface area contributed by atoms with Crippen molar-refractivity contribution in [3.8, 4) is 11.3 Å². The minimum atomic E-state index is -0.302. The van der Waals surface area contributed by atoms with Crippen LogP contribution in [-0.4, -0.2) is 94.5 Å². The Morgan fingerprint density at radius 1 is 1.30 bits per heavy atom. The predicted molar refractivity (Wildman–Crippen MR) is 179 cm³/mol. The van der Waals surface area contributed by atoms with E-state index in [1.54, 1.807) is 28.3 Å². The number of carbonyl (C=O) groups excluding carboxylic acids is 1. The number of aliphatic hydroxyl groups excluding tert-OH is 1. The number of aliphatic hydroxyl groups is 1. The molecular formula is C32H49N7O3S. The number of thiophene rings is 1. The molecule has 0 aromatic carbocycles. The van der Waals surface area contributed by atoms with Crippen molar-refractivity contribution in [3.63, 3.8) is 0 Å². The van der Waals surface area contributed by atoms with Crippen LogP contribution in [0.25, 0.3) is 11.3 Å². The minimum Gasteiger partial charge on any atom is -0.394 e. The molecule has 4 rings (SSSR count). The van der Waals surface area contributed by atoms with E-state index in [0.29, 0.717) is 49.1 Å². The largest absolute Gasteiger partial charge is 0.394 e. The molecule has 1 saturated heterocycles. The number of rotatable bonds is 11. The van der Waals surface area contributed by atoms with E-state index in [1.165, 1.54) is 0 Å². The van der Waals surface area contributed by atoms with Crippen LogP contribution < -0.4 is 10.2 Å². The van der Waals surface area contributed by atoms with Gasteiger partial charge in [-0.05, 0) is 50.5 Å². The Balaban J connectivity index is 0.00000155. The number of hydrogen-bond donors (Lipinski definition) is 2. The van der Waals surface area contributed by atoms with Gasteiger partial charge in [-0.3, -0.25) is 14.4 Å². The second kappa shape index (κ2) is 18.3. The lowest BCUT2D eigenvalue weighted by atomic mass is 10.1. The molecule has 0 bridgehead atoms. The third-order valence-electron chi connectivity index (χ3n) is 7.07. The number of carbonyl (C=O) groups is 1. The molecule has 1 aliphatic rings. The molecule has 1 fully saturated rings. The third-order valence-corrected chi connectivity index (χ3v) is 8.05. The van der Waals surface area contributed by atoms with E-state index in [2.05, 4.69) is 54.1 Å². The van der Waals surface area contributed by atoms with Gasteiger partial charge < -0.3 is 20.1 Å². The monoisotopic (exact) mass is 611 g/mol. The maximum absolute atomic E-state index is 13.4. The van der Waals surface area contributed by atoms with E-state index < -0.39 is 0 Å². The summed E-state index contributed by atoms with van der Waals surface area (Å²) in [6.45, 7) is 22.2. The summed E-state index contributed by atoms with van der Waals surface area (Å²) >= 11 is 1.63. The molecule has 2 atom stereocenters. The number of aryl methyl sites for hydroxylation is 1. The summed E-state index contributed by atoms with van der Waals surface area (Å²) in [6.07, 6.45) is 1.44. The van der Waals surface area contributed by atoms with Gasteiger partial charge in [0.1, 0.15) is 5.82 Å². The number of ether oxygens (including phenoxy) is 1. The summed E-state index contributed by atoms with van der Waals surface area (Å²) in [7, 11) is 1.85. The number of amides is 1. The van der Waals surface area contributed by atoms with Crippen LogP contribution in [0.15, 0.2) is 54.0 Å². The Morgan fingerprint density at radius 2 is 2.02 bits per heavy atom. The van der Waals surface area contributed by atoms with Crippen LogP contribution in [0.1, 0.15) is 56.8 Å². The first kappa shape index (κ1) is 35.8. The van der Waals surface area contributed by atoms with E-state index in [0.717, 1.165) is 29.2 Å². The highest BCUT2D eigenvalue weighted by atomic mass is 32.1. The van der Waals surface area contributed by atoms with Gasteiger partial charge >= 0.3 is 0 Å². The lowest BCUT2D eigenvalue weighted by Gasteiger charge is -2.33. The van der Waals surface area contributed by atoms with Crippen molar-refractivity contribution in [1.82, 2.24) is 25.0 Å². The fraction of sp³-hybridized carbons (Fsp3) is 0.500. The Hall–Kier alpha value is -3.38. The maximum atomic E-state index is 13.4. The number of aromatic nitrogens is 3. The Kier molecular flexibility index (Phi) is 15.3. The van der Waals surface area contributed by atoms with Crippen LogP contribution in [0, 0.1) is 0 Å². The Morgan fingerprint density at radius 3 is 2.65 bits per heavy atom. The average Bonchev–Trinajstić information content (AvgIpc) is 3.73. The zero-order valence-corrected chi connectivity index (χ0v) is 27.7. The molecule has 1 amide bonds. The molecule has 0 spiro atoms. The Bertz CT molecular complexity index is 1290. The number of anilines is 1. The maximum Gasteiger partial charge on any atom is 0.251 e. The molecule has 0 saturated carbocycles. The SMILES string of the molecule is C=C.CC.CCN(CC)C(C)CNC(=O)c1cc(-c2cnn(C)c2/N=C(\C)c2cccs2)nc(N2CCOC(CO)C2)c1. The summed E-state index contributed by atoms with van der Waals surface area (Å²) in [5, 5.41) is 19.3. The van der Waals surface area contributed by atoms with Crippen LogP contribution >= 0.6 is 11.3 Å². The second-order valence-electron chi connectivity index (χ2n) is 9.68. The first-order chi connectivity index (χ1) is 20.8. The number of likely N-dealkylation sites (N-methyl/N-ethyl adjacent to an activating group) is 1. The van der Waals surface area contributed by atoms with Crippen molar-refractivity contribution in [2.24, 2.45) is 12.0 Å². The topological polar surface area (TPSA) is 108 Å². The molecule has 2 unspecified atom stereocenters. The van der Waals surface area contributed by atoms with Crippen molar-refractivity contribution in [3.05, 3.63) is 59.4 Å². The lowest BCUT2D eigenvalue weighted by molar-refractivity contribution is 0.00336. The summed E-state index contributed by atoms with van der Waals surface area (Å²) < 4.78 is 7.37. The summed E-state index contributed by atoms with van der Waals surface area (Å²) in [5.41, 5.74) is 2.76. The van der Waals surface area contributed by atoms with Crippen molar-refractivity contribution >= 4 is 34.6 Å².